The Hall–Kier alpha value is -4.07. The maximum atomic E-state index is 11.7. The molecule has 2 heterocycles. The smallest absolute Gasteiger partial charge is 0.341 e. The molecule has 186 valence electrons. The summed E-state index contributed by atoms with van der Waals surface area (Å²) in [5, 5.41) is 14.0. The summed E-state index contributed by atoms with van der Waals surface area (Å²) in [6, 6.07) is 13.6. The van der Waals surface area contributed by atoms with E-state index in [4.69, 9.17) is 14.2 Å². The van der Waals surface area contributed by atoms with Gasteiger partial charge in [0.1, 0.15) is 29.4 Å². The van der Waals surface area contributed by atoms with Gasteiger partial charge in [-0.15, -0.1) is 0 Å². The molecule has 4 aromatic rings. The Morgan fingerprint density at radius 3 is 2.44 bits per heavy atom. The number of methoxy groups -OCH3 is 2. The lowest BCUT2D eigenvalue weighted by Gasteiger charge is -2.25. The molecule has 0 amide bonds. The van der Waals surface area contributed by atoms with E-state index in [2.05, 4.69) is 10.1 Å². The summed E-state index contributed by atoms with van der Waals surface area (Å²) in [6.45, 7) is 0.352. The first kappa shape index (κ1) is 23.7. The number of ether oxygens (including phenoxy) is 3. The van der Waals surface area contributed by atoms with Crippen molar-refractivity contribution in [2.75, 3.05) is 14.2 Å². The van der Waals surface area contributed by atoms with Crippen LogP contribution in [0.1, 0.15) is 59.6 Å². The Balaban J connectivity index is 1.50. The predicted molar refractivity (Wildman–Crippen MR) is 135 cm³/mol. The first-order valence-corrected chi connectivity index (χ1v) is 12.1. The number of hydrogen-bond donors (Lipinski definition) is 1. The molecule has 5 rings (SSSR count). The van der Waals surface area contributed by atoms with Gasteiger partial charge in [-0.1, -0.05) is 31.4 Å². The van der Waals surface area contributed by atoms with Gasteiger partial charge in [0.2, 0.25) is 0 Å². The molecular formula is C28H29N3O5. The summed E-state index contributed by atoms with van der Waals surface area (Å²) < 4.78 is 18.6. The van der Waals surface area contributed by atoms with E-state index in [1.54, 1.807) is 24.9 Å². The average Bonchev–Trinajstić information content (AvgIpc) is 3.36. The number of aromatic carboxylic acids is 1. The third-order valence-electron chi connectivity index (χ3n) is 6.75. The number of aromatic nitrogens is 3. The van der Waals surface area contributed by atoms with Crippen LogP contribution in [0.3, 0.4) is 0 Å². The highest BCUT2D eigenvalue weighted by Gasteiger charge is 2.25. The molecule has 0 bridgehead atoms. The second-order valence-corrected chi connectivity index (χ2v) is 9.03. The van der Waals surface area contributed by atoms with Crippen LogP contribution in [-0.2, 0) is 6.61 Å². The number of benzene rings is 2. The van der Waals surface area contributed by atoms with Gasteiger partial charge in [0.15, 0.2) is 5.65 Å². The zero-order chi connectivity index (χ0) is 25.1. The van der Waals surface area contributed by atoms with Crippen molar-refractivity contribution in [3.05, 3.63) is 71.7 Å². The van der Waals surface area contributed by atoms with Crippen LogP contribution in [0.5, 0.6) is 17.2 Å². The molecule has 1 fully saturated rings. The van der Waals surface area contributed by atoms with Gasteiger partial charge in [0.05, 0.1) is 26.1 Å². The van der Waals surface area contributed by atoms with Crippen molar-refractivity contribution in [1.82, 2.24) is 14.6 Å². The number of carboxylic acid groups (broad SMARTS) is 1. The van der Waals surface area contributed by atoms with Gasteiger partial charge in [-0.3, -0.25) is 0 Å². The summed E-state index contributed by atoms with van der Waals surface area (Å²) in [5.74, 6) is 1.39. The van der Waals surface area contributed by atoms with Crippen LogP contribution < -0.4 is 14.2 Å². The van der Waals surface area contributed by atoms with Crippen LogP contribution in [0.25, 0.3) is 16.8 Å². The molecule has 1 aliphatic rings. The van der Waals surface area contributed by atoms with E-state index in [9.17, 15) is 9.90 Å². The van der Waals surface area contributed by atoms with E-state index in [0.29, 0.717) is 23.8 Å². The standard InChI is InChI=1S/C28H29N3O5/c1-34-22-11-18(12-23(14-22)35-2)17-36-21-10-6-9-20(13-21)24-15-29-27-25(28(32)33)16-30-31(27)26(24)19-7-4-3-5-8-19/h6,9-16,19H,3-5,7-8,17H2,1-2H3,(H,32,33). The number of rotatable bonds is 8. The van der Waals surface area contributed by atoms with Crippen molar-refractivity contribution in [3.8, 4) is 28.4 Å². The van der Waals surface area contributed by atoms with Crippen LogP contribution in [0, 0.1) is 0 Å². The zero-order valence-corrected chi connectivity index (χ0v) is 20.4. The molecule has 0 aliphatic heterocycles. The summed E-state index contributed by atoms with van der Waals surface area (Å²) >= 11 is 0. The molecule has 2 aromatic heterocycles. The Bertz CT molecular complexity index is 1370. The van der Waals surface area contributed by atoms with Gasteiger partial charge in [-0.25, -0.2) is 14.3 Å². The molecule has 0 saturated heterocycles. The lowest BCUT2D eigenvalue weighted by Crippen LogP contribution is -2.13. The van der Waals surface area contributed by atoms with E-state index in [1.165, 1.54) is 12.6 Å². The topological polar surface area (TPSA) is 95.2 Å². The number of nitrogens with zero attached hydrogens (tertiary/aromatic N) is 3. The number of hydrogen-bond acceptors (Lipinski definition) is 6. The van der Waals surface area contributed by atoms with E-state index >= 15 is 0 Å². The molecule has 8 nitrogen and oxygen atoms in total. The Kier molecular flexibility index (Phi) is 6.75. The number of carbonyl (C=O) groups is 1. The van der Waals surface area contributed by atoms with Crippen molar-refractivity contribution in [1.29, 1.82) is 0 Å². The second kappa shape index (κ2) is 10.3. The lowest BCUT2D eigenvalue weighted by atomic mass is 9.84. The SMILES string of the molecule is COc1cc(COc2cccc(-c3cnc4c(C(=O)O)cnn4c3C3CCCCC3)c2)cc(OC)c1. The van der Waals surface area contributed by atoms with Gasteiger partial charge >= 0.3 is 5.97 Å². The minimum atomic E-state index is -1.02. The highest BCUT2D eigenvalue weighted by Crippen LogP contribution is 2.39. The van der Waals surface area contributed by atoms with Crippen LogP contribution in [0.15, 0.2) is 54.9 Å². The normalized spacial score (nSPS) is 14.1. The molecule has 1 saturated carbocycles. The molecule has 1 N–H and O–H groups in total. The minimum absolute atomic E-state index is 0.115. The number of carboxylic acids is 1. The maximum absolute atomic E-state index is 11.7. The molecule has 0 radical (unpaired) electrons. The summed E-state index contributed by atoms with van der Waals surface area (Å²) in [6.07, 6.45) is 8.77. The van der Waals surface area contributed by atoms with Gasteiger partial charge in [0.25, 0.3) is 0 Å². The summed E-state index contributed by atoms with van der Waals surface area (Å²) in [4.78, 5) is 16.2. The van der Waals surface area contributed by atoms with Crippen molar-refractivity contribution in [2.24, 2.45) is 0 Å². The third kappa shape index (κ3) is 4.71. The van der Waals surface area contributed by atoms with Crippen LogP contribution in [0.2, 0.25) is 0 Å². The number of fused-ring (bicyclic) bond motifs is 1. The van der Waals surface area contributed by atoms with Gasteiger partial charge in [0, 0.05) is 23.7 Å². The van der Waals surface area contributed by atoms with Gasteiger partial charge in [-0.05, 0) is 48.2 Å². The third-order valence-corrected chi connectivity index (χ3v) is 6.75. The fourth-order valence-electron chi connectivity index (χ4n) is 4.96. The molecule has 36 heavy (non-hydrogen) atoms. The molecule has 2 aromatic carbocycles. The monoisotopic (exact) mass is 487 g/mol. The highest BCUT2D eigenvalue weighted by molar-refractivity contribution is 5.94. The highest BCUT2D eigenvalue weighted by atomic mass is 16.5. The second-order valence-electron chi connectivity index (χ2n) is 9.03. The lowest BCUT2D eigenvalue weighted by molar-refractivity contribution is 0.0698. The zero-order valence-electron chi connectivity index (χ0n) is 20.4. The first-order valence-electron chi connectivity index (χ1n) is 12.1. The van der Waals surface area contributed by atoms with Gasteiger partial charge < -0.3 is 19.3 Å². The van der Waals surface area contributed by atoms with Crippen LogP contribution >= 0.6 is 0 Å². The largest absolute Gasteiger partial charge is 0.497 e. The molecule has 8 heteroatoms. The van der Waals surface area contributed by atoms with Crippen LogP contribution in [0.4, 0.5) is 0 Å². The van der Waals surface area contributed by atoms with Crippen molar-refractivity contribution in [3.63, 3.8) is 0 Å². The Morgan fingerprint density at radius 1 is 1.00 bits per heavy atom. The summed E-state index contributed by atoms with van der Waals surface area (Å²) in [5.41, 5.74) is 4.35. The van der Waals surface area contributed by atoms with Gasteiger partial charge in [-0.2, -0.15) is 5.10 Å². The van der Waals surface area contributed by atoms with E-state index in [0.717, 1.165) is 53.8 Å². The Labute approximate surface area is 209 Å². The molecule has 1 aliphatic carbocycles. The van der Waals surface area contributed by atoms with Crippen molar-refractivity contribution >= 4 is 11.6 Å². The average molecular weight is 488 g/mol. The molecule has 0 spiro atoms. The molecule has 0 unspecified atom stereocenters. The maximum Gasteiger partial charge on any atom is 0.341 e. The van der Waals surface area contributed by atoms with Crippen molar-refractivity contribution in [2.45, 2.75) is 44.6 Å². The summed E-state index contributed by atoms with van der Waals surface area (Å²) in [7, 11) is 3.24. The molecular weight excluding hydrogens is 458 g/mol. The minimum Gasteiger partial charge on any atom is -0.497 e. The van der Waals surface area contributed by atoms with E-state index < -0.39 is 5.97 Å². The van der Waals surface area contributed by atoms with E-state index in [-0.39, 0.29) is 11.5 Å². The molecule has 0 atom stereocenters. The fraction of sp³-hybridized carbons (Fsp3) is 0.321. The Morgan fingerprint density at radius 2 is 1.75 bits per heavy atom. The van der Waals surface area contributed by atoms with Crippen LogP contribution in [-0.4, -0.2) is 39.9 Å². The van der Waals surface area contributed by atoms with Crippen molar-refractivity contribution < 1.29 is 24.1 Å². The van der Waals surface area contributed by atoms with E-state index in [1.807, 2.05) is 42.5 Å². The fourth-order valence-corrected chi connectivity index (χ4v) is 4.96. The first-order chi connectivity index (χ1) is 17.6. The predicted octanol–water partition coefficient (Wildman–Crippen LogP) is 5.74. The quantitative estimate of drug-likeness (QED) is 0.339.